The summed E-state index contributed by atoms with van der Waals surface area (Å²) in [5.41, 5.74) is 0.992. The Bertz CT molecular complexity index is 587. The number of hydrogen-bond donors (Lipinski definition) is 0. The Hall–Kier alpha value is -1.40. The van der Waals surface area contributed by atoms with Gasteiger partial charge < -0.3 is 9.80 Å². The van der Waals surface area contributed by atoms with Gasteiger partial charge in [0.1, 0.15) is 4.83 Å². The Morgan fingerprint density at radius 2 is 1.95 bits per heavy atom. The number of amides is 1. The Balaban J connectivity index is 1.87. The number of aromatic nitrogens is 2. The summed E-state index contributed by atoms with van der Waals surface area (Å²) in [5, 5.41) is 5.47. The summed E-state index contributed by atoms with van der Waals surface area (Å²) in [6, 6.07) is 1.99. The second-order valence-electron chi connectivity index (χ2n) is 5.13. The van der Waals surface area contributed by atoms with E-state index in [2.05, 4.69) is 17.0 Å². The van der Waals surface area contributed by atoms with Crippen LogP contribution in [0.1, 0.15) is 15.4 Å². The molecule has 3 rings (SSSR count). The molecule has 0 atom stereocenters. The van der Waals surface area contributed by atoms with Crippen LogP contribution in [0.25, 0.3) is 10.2 Å². The Morgan fingerprint density at radius 3 is 2.58 bits per heavy atom. The smallest absolute Gasteiger partial charge is 0.264 e. The number of piperazine rings is 1. The van der Waals surface area contributed by atoms with E-state index in [-0.39, 0.29) is 5.91 Å². The molecule has 0 radical (unpaired) electrons. The summed E-state index contributed by atoms with van der Waals surface area (Å²) >= 11 is 1.54. The molecule has 0 aliphatic carbocycles. The van der Waals surface area contributed by atoms with Gasteiger partial charge in [-0.25, -0.2) is 0 Å². The summed E-state index contributed by atoms with van der Waals surface area (Å²) < 4.78 is 1.86. The number of aryl methyl sites for hydroxylation is 2. The molecule has 0 saturated carbocycles. The van der Waals surface area contributed by atoms with Crippen molar-refractivity contribution >= 4 is 27.5 Å². The van der Waals surface area contributed by atoms with Gasteiger partial charge in [-0.15, -0.1) is 11.3 Å². The molecule has 1 aliphatic heterocycles. The standard InChI is InChI=1S/C13H18N4OS/c1-9-10-8-11(19-13(10)16(3)14-9)12(18)17-6-4-15(2)5-7-17/h8H,4-7H2,1-3H3. The minimum absolute atomic E-state index is 0.161. The molecule has 3 heterocycles. The molecule has 0 bridgehead atoms. The van der Waals surface area contributed by atoms with Gasteiger partial charge in [0.2, 0.25) is 0 Å². The number of carbonyl (C=O) groups is 1. The molecule has 1 fully saturated rings. The normalized spacial score (nSPS) is 17.3. The highest BCUT2D eigenvalue weighted by atomic mass is 32.1. The zero-order chi connectivity index (χ0) is 13.6. The van der Waals surface area contributed by atoms with E-state index in [4.69, 9.17) is 0 Å². The Labute approximate surface area is 116 Å². The summed E-state index contributed by atoms with van der Waals surface area (Å²) in [5.74, 6) is 0.161. The van der Waals surface area contributed by atoms with E-state index < -0.39 is 0 Å². The predicted molar refractivity (Wildman–Crippen MR) is 76.7 cm³/mol. The zero-order valence-corrected chi connectivity index (χ0v) is 12.3. The quantitative estimate of drug-likeness (QED) is 0.790. The van der Waals surface area contributed by atoms with E-state index in [0.29, 0.717) is 0 Å². The van der Waals surface area contributed by atoms with E-state index in [9.17, 15) is 4.79 Å². The molecule has 2 aromatic rings. The Kier molecular flexibility index (Phi) is 3.06. The highest BCUT2D eigenvalue weighted by molar-refractivity contribution is 7.20. The maximum absolute atomic E-state index is 12.5. The highest BCUT2D eigenvalue weighted by Crippen LogP contribution is 2.28. The van der Waals surface area contributed by atoms with Crippen LogP contribution >= 0.6 is 11.3 Å². The molecule has 19 heavy (non-hydrogen) atoms. The molecule has 1 aliphatic rings. The molecule has 102 valence electrons. The first kappa shape index (κ1) is 12.6. The molecule has 0 N–H and O–H groups in total. The lowest BCUT2D eigenvalue weighted by Gasteiger charge is -2.32. The Morgan fingerprint density at radius 1 is 1.26 bits per heavy atom. The van der Waals surface area contributed by atoms with Crippen molar-refractivity contribution in [1.82, 2.24) is 19.6 Å². The van der Waals surface area contributed by atoms with Crippen LogP contribution in [0.3, 0.4) is 0 Å². The molecular formula is C13H18N4OS. The average molecular weight is 278 g/mol. The van der Waals surface area contributed by atoms with Crippen molar-refractivity contribution in [2.24, 2.45) is 7.05 Å². The minimum Gasteiger partial charge on any atom is -0.335 e. The lowest BCUT2D eigenvalue weighted by Crippen LogP contribution is -2.46. The second-order valence-corrected chi connectivity index (χ2v) is 6.16. The van der Waals surface area contributed by atoms with Gasteiger partial charge in [0.25, 0.3) is 5.91 Å². The van der Waals surface area contributed by atoms with E-state index in [1.165, 1.54) is 0 Å². The van der Waals surface area contributed by atoms with Crippen molar-refractivity contribution in [2.75, 3.05) is 33.2 Å². The highest BCUT2D eigenvalue weighted by Gasteiger charge is 2.23. The number of rotatable bonds is 1. The van der Waals surface area contributed by atoms with Crippen LogP contribution in [0, 0.1) is 6.92 Å². The first-order valence-corrected chi connectivity index (χ1v) is 7.29. The lowest BCUT2D eigenvalue weighted by molar-refractivity contribution is 0.0669. The van der Waals surface area contributed by atoms with Gasteiger partial charge in [0.15, 0.2) is 0 Å². The zero-order valence-electron chi connectivity index (χ0n) is 11.5. The van der Waals surface area contributed by atoms with E-state index >= 15 is 0 Å². The molecule has 1 amide bonds. The van der Waals surface area contributed by atoms with Crippen LogP contribution in [-0.2, 0) is 7.05 Å². The summed E-state index contributed by atoms with van der Waals surface area (Å²) in [6.45, 7) is 5.54. The molecule has 5 nitrogen and oxygen atoms in total. The van der Waals surface area contributed by atoms with Crippen LogP contribution in [0.2, 0.25) is 0 Å². The first-order chi connectivity index (χ1) is 9.06. The third-order valence-corrected chi connectivity index (χ3v) is 4.89. The summed E-state index contributed by atoms with van der Waals surface area (Å²) in [4.78, 5) is 18.6. The van der Waals surface area contributed by atoms with E-state index in [1.54, 1.807) is 11.3 Å². The number of carbonyl (C=O) groups excluding carboxylic acids is 1. The third-order valence-electron chi connectivity index (χ3n) is 3.70. The van der Waals surface area contributed by atoms with Crippen LogP contribution in [0.15, 0.2) is 6.07 Å². The fourth-order valence-corrected chi connectivity index (χ4v) is 3.57. The number of fused-ring (bicyclic) bond motifs is 1. The summed E-state index contributed by atoms with van der Waals surface area (Å²) in [7, 11) is 4.02. The molecule has 0 aromatic carbocycles. The molecule has 1 saturated heterocycles. The van der Waals surface area contributed by atoms with Crippen LogP contribution in [-0.4, -0.2) is 58.7 Å². The SMILES string of the molecule is Cc1nn(C)c2sc(C(=O)N3CCN(C)CC3)cc12. The van der Waals surface area contributed by atoms with E-state index in [1.807, 2.05) is 29.6 Å². The maximum atomic E-state index is 12.5. The predicted octanol–water partition coefficient (Wildman–Crippen LogP) is 1.33. The fourth-order valence-electron chi connectivity index (χ4n) is 2.48. The lowest BCUT2D eigenvalue weighted by atomic mass is 10.2. The summed E-state index contributed by atoms with van der Waals surface area (Å²) in [6.07, 6.45) is 0. The van der Waals surface area contributed by atoms with Crippen molar-refractivity contribution in [3.63, 3.8) is 0 Å². The monoisotopic (exact) mass is 278 g/mol. The van der Waals surface area contributed by atoms with Crippen LogP contribution in [0.4, 0.5) is 0 Å². The largest absolute Gasteiger partial charge is 0.335 e. The third kappa shape index (κ3) is 2.15. The van der Waals surface area contributed by atoms with Gasteiger partial charge in [-0.05, 0) is 20.0 Å². The number of thiophene rings is 1. The van der Waals surface area contributed by atoms with Crippen molar-refractivity contribution in [3.05, 3.63) is 16.6 Å². The van der Waals surface area contributed by atoms with Gasteiger partial charge in [0.05, 0.1) is 10.6 Å². The molecule has 0 spiro atoms. The topological polar surface area (TPSA) is 41.4 Å². The van der Waals surface area contributed by atoms with Crippen molar-refractivity contribution in [2.45, 2.75) is 6.92 Å². The van der Waals surface area contributed by atoms with Crippen molar-refractivity contribution in [1.29, 1.82) is 0 Å². The van der Waals surface area contributed by atoms with E-state index in [0.717, 1.165) is 47.0 Å². The van der Waals surface area contributed by atoms with Crippen LogP contribution < -0.4 is 0 Å². The maximum Gasteiger partial charge on any atom is 0.264 e. The molecule has 2 aromatic heterocycles. The van der Waals surface area contributed by atoms with Crippen LogP contribution in [0.5, 0.6) is 0 Å². The van der Waals surface area contributed by atoms with Gasteiger partial charge in [-0.1, -0.05) is 0 Å². The fraction of sp³-hybridized carbons (Fsp3) is 0.538. The van der Waals surface area contributed by atoms with Gasteiger partial charge in [0, 0.05) is 38.6 Å². The average Bonchev–Trinajstić information content (AvgIpc) is 2.93. The van der Waals surface area contributed by atoms with Gasteiger partial charge >= 0.3 is 0 Å². The first-order valence-electron chi connectivity index (χ1n) is 6.47. The van der Waals surface area contributed by atoms with Gasteiger partial charge in [-0.3, -0.25) is 9.48 Å². The number of nitrogens with zero attached hydrogens (tertiary/aromatic N) is 4. The minimum atomic E-state index is 0.161. The number of hydrogen-bond acceptors (Lipinski definition) is 4. The molecule has 0 unspecified atom stereocenters. The van der Waals surface area contributed by atoms with Crippen molar-refractivity contribution < 1.29 is 4.79 Å². The second kappa shape index (κ2) is 4.61. The number of likely N-dealkylation sites (N-methyl/N-ethyl adjacent to an activating group) is 1. The van der Waals surface area contributed by atoms with Gasteiger partial charge in [-0.2, -0.15) is 5.10 Å². The molecular weight excluding hydrogens is 260 g/mol. The van der Waals surface area contributed by atoms with Crippen molar-refractivity contribution in [3.8, 4) is 0 Å². The molecule has 6 heteroatoms.